The molecule has 0 amide bonds. The fourth-order valence-electron chi connectivity index (χ4n) is 2.68. The first kappa shape index (κ1) is 13.7. The minimum Gasteiger partial charge on any atom is -0.320 e. The predicted molar refractivity (Wildman–Crippen MR) is 86.0 cm³/mol. The van der Waals surface area contributed by atoms with E-state index in [0.717, 1.165) is 35.0 Å². The van der Waals surface area contributed by atoms with E-state index < -0.39 is 0 Å². The van der Waals surface area contributed by atoms with E-state index in [-0.39, 0.29) is 6.04 Å². The number of para-hydroxylation sites is 1. The zero-order valence-corrected chi connectivity index (χ0v) is 12.2. The molecule has 3 rings (SSSR count). The summed E-state index contributed by atoms with van der Waals surface area (Å²) < 4.78 is 0. The maximum Gasteiger partial charge on any atom is 0.0937 e. The smallest absolute Gasteiger partial charge is 0.0937 e. The van der Waals surface area contributed by atoms with Crippen molar-refractivity contribution in [1.82, 2.24) is 9.97 Å². The summed E-state index contributed by atoms with van der Waals surface area (Å²) in [7, 11) is 0. The molecule has 106 valence electrons. The van der Waals surface area contributed by atoms with Gasteiger partial charge in [0.05, 0.1) is 17.1 Å². The van der Waals surface area contributed by atoms with Crippen molar-refractivity contribution in [3.63, 3.8) is 0 Å². The third-order valence-corrected chi connectivity index (χ3v) is 3.71. The lowest BCUT2D eigenvalue weighted by Gasteiger charge is -2.15. The van der Waals surface area contributed by atoms with Gasteiger partial charge in [0.1, 0.15) is 0 Å². The normalized spacial score (nSPS) is 12.5. The van der Waals surface area contributed by atoms with Crippen LogP contribution < -0.4 is 5.73 Å². The Morgan fingerprint density at radius 2 is 1.86 bits per heavy atom. The molecule has 21 heavy (non-hydrogen) atoms. The second-order valence-corrected chi connectivity index (χ2v) is 5.24. The third-order valence-electron chi connectivity index (χ3n) is 3.71. The van der Waals surface area contributed by atoms with E-state index in [4.69, 9.17) is 5.73 Å². The molecule has 0 bridgehead atoms. The first-order valence-electron chi connectivity index (χ1n) is 7.33. The number of fused-ring (bicyclic) bond motifs is 1. The molecule has 0 aliphatic heterocycles. The van der Waals surface area contributed by atoms with Crippen molar-refractivity contribution in [3.05, 3.63) is 71.5 Å². The van der Waals surface area contributed by atoms with E-state index in [0.29, 0.717) is 0 Å². The maximum atomic E-state index is 6.48. The van der Waals surface area contributed by atoms with E-state index in [1.54, 1.807) is 12.4 Å². The van der Waals surface area contributed by atoms with Crippen LogP contribution in [-0.2, 0) is 6.42 Å². The molecule has 0 radical (unpaired) electrons. The van der Waals surface area contributed by atoms with Crippen LogP contribution in [0.2, 0.25) is 0 Å². The lowest BCUT2D eigenvalue weighted by atomic mass is 9.96. The van der Waals surface area contributed by atoms with Crippen LogP contribution in [0, 0.1) is 0 Å². The molecule has 1 atom stereocenters. The standard InChI is InChI=1S/C18H19N3/c1-2-5-13-6-3-7-14(12-13)17(19)15-8-4-9-16-18(15)21-11-10-20-16/h3-4,6-12,17H,2,5,19H2,1H3. The largest absolute Gasteiger partial charge is 0.320 e. The summed E-state index contributed by atoms with van der Waals surface area (Å²) in [5, 5.41) is 0. The summed E-state index contributed by atoms with van der Waals surface area (Å²) in [5.74, 6) is 0. The van der Waals surface area contributed by atoms with E-state index >= 15 is 0 Å². The van der Waals surface area contributed by atoms with E-state index in [1.165, 1.54) is 5.56 Å². The van der Waals surface area contributed by atoms with Gasteiger partial charge in [-0.25, -0.2) is 0 Å². The molecule has 2 N–H and O–H groups in total. The van der Waals surface area contributed by atoms with E-state index in [2.05, 4.69) is 41.2 Å². The molecular formula is C18H19N3. The Morgan fingerprint density at radius 3 is 2.71 bits per heavy atom. The number of hydrogen-bond acceptors (Lipinski definition) is 3. The van der Waals surface area contributed by atoms with Crippen molar-refractivity contribution in [2.24, 2.45) is 5.73 Å². The molecule has 1 aromatic heterocycles. The molecule has 1 unspecified atom stereocenters. The topological polar surface area (TPSA) is 51.8 Å². The number of aryl methyl sites for hydroxylation is 1. The van der Waals surface area contributed by atoms with Crippen molar-refractivity contribution in [2.75, 3.05) is 0 Å². The molecule has 0 fully saturated rings. The molecule has 3 aromatic rings. The van der Waals surface area contributed by atoms with E-state index in [1.807, 2.05) is 18.2 Å². The highest BCUT2D eigenvalue weighted by molar-refractivity contribution is 5.78. The average Bonchev–Trinajstić information content (AvgIpc) is 2.54. The molecule has 0 saturated carbocycles. The zero-order chi connectivity index (χ0) is 14.7. The van der Waals surface area contributed by atoms with Gasteiger partial charge in [-0.15, -0.1) is 0 Å². The molecule has 0 spiro atoms. The number of benzene rings is 2. The summed E-state index contributed by atoms with van der Waals surface area (Å²) >= 11 is 0. The summed E-state index contributed by atoms with van der Waals surface area (Å²) in [5.41, 5.74) is 11.7. The van der Waals surface area contributed by atoms with Gasteiger partial charge >= 0.3 is 0 Å². The minimum atomic E-state index is -0.179. The highest BCUT2D eigenvalue weighted by Crippen LogP contribution is 2.25. The number of nitrogens with two attached hydrogens (primary N) is 1. The fraction of sp³-hybridized carbons (Fsp3) is 0.222. The molecule has 2 aromatic carbocycles. The van der Waals surface area contributed by atoms with Crippen LogP contribution in [0.4, 0.5) is 0 Å². The molecule has 0 aliphatic carbocycles. The molecule has 3 nitrogen and oxygen atoms in total. The van der Waals surface area contributed by atoms with E-state index in [9.17, 15) is 0 Å². The summed E-state index contributed by atoms with van der Waals surface area (Å²) in [6.45, 7) is 2.19. The highest BCUT2D eigenvalue weighted by atomic mass is 14.8. The lowest BCUT2D eigenvalue weighted by molar-refractivity contribution is 0.862. The van der Waals surface area contributed by atoms with Gasteiger partial charge in [0.25, 0.3) is 0 Å². The number of nitrogens with zero attached hydrogens (tertiary/aromatic N) is 2. The molecule has 0 saturated heterocycles. The molecule has 0 aliphatic rings. The Kier molecular flexibility index (Phi) is 3.93. The summed E-state index contributed by atoms with van der Waals surface area (Å²) in [6, 6.07) is 14.3. The van der Waals surface area contributed by atoms with Gasteiger partial charge in [-0.1, -0.05) is 49.7 Å². The Balaban J connectivity index is 2.04. The van der Waals surface area contributed by atoms with Gasteiger partial charge in [-0.2, -0.15) is 0 Å². The van der Waals surface area contributed by atoms with Crippen LogP contribution in [0.3, 0.4) is 0 Å². The van der Waals surface area contributed by atoms with Crippen LogP contribution in [0.15, 0.2) is 54.9 Å². The minimum absolute atomic E-state index is 0.179. The van der Waals surface area contributed by atoms with Crippen LogP contribution >= 0.6 is 0 Å². The van der Waals surface area contributed by atoms with Crippen LogP contribution in [0.25, 0.3) is 11.0 Å². The number of hydrogen-bond donors (Lipinski definition) is 1. The van der Waals surface area contributed by atoms with Gasteiger partial charge in [-0.3, -0.25) is 9.97 Å². The monoisotopic (exact) mass is 277 g/mol. The molecule has 3 heteroatoms. The summed E-state index contributed by atoms with van der Waals surface area (Å²) in [4.78, 5) is 8.79. The van der Waals surface area contributed by atoms with Gasteiger partial charge in [-0.05, 0) is 23.6 Å². The van der Waals surface area contributed by atoms with Crippen molar-refractivity contribution in [1.29, 1.82) is 0 Å². The van der Waals surface area contributed by atoms with Gasteiger partial charge in [0, 0.05) is 18.0 Å². The predicted octanol–water partition coefficient (Wildman–Crippen LogP) is 3.63. The SMILES string of the molecule is CCCc1cccc(C(N)c2cccc3nccnc23)c1. The second kappa shape index (κ2) is 6.02. The van der Waals surface area contributed by atoms with Gasteiger partial charge in [0.15, 0.2) is 0 Å². The Bertz CT molecular complexity index is 747. The third kappa shape index (κ3) is 2.78. The average molecular weight is 277 g/mol. The first-order chi connectivity index (χ1) is 10.3. The van der Waals surface area contributed by atoms with Crippen molar-refractivity contribution in [3.8, 4) is 0 Å². The van der Waals surface area contributed by atoms with Crippen LogP contribution in [-0.4, -0.2) is 9.97 Å². The first-order valence-corrected chi connectivity index (χ1v) is 7.33. The molecular weight excluding hydrogens is 258 g/mol. The number of aromatic nitrogens is 2. The maximum absolute atomic E-state index is 6.48. The van der Waals surface area contributed by atoms with Gasteiger partial charge < -0.3 is 5.73 Å². The van der Waals surface area contributed by atoms with Gasteiger partial charge in [0.2, 0.25) is 0 Å². The zero-order valence-electron chi connectivity index (χ0n) is 12.2. The number of rotatable bonds is 4. The molecule has 1 heterocycles. The quantitative estimate of drug-likeness (QED) is 0.792. The lowest BCUT2D eigenvalue weighted by Crippen LogP contribution is -2.13. The van der Waals surface area contributed by atoms with Crippen molar-refractivity contribution < 1.29 is 0 Å². The van der Waals surface area contributed by atoms with Crippen molar-refractivity contribution >= 4 is 11.0 Å². The van der Waals surface area contributed by atoms with Crippen LogP contribution in [0.1, 0.15) is 36.1 Å². The Labute approximate surface area is 124 Å². The summed E-state index contributed by atoms with van der Waals surface area (Å²) in [6.07, 6.45) is 5.64. The fourth-order valence-corrected chi connectivity index (χ4v) is 2.68. The highest BCUT2D eigenvalue weighted by Gasteiger charge is 2.13. The van der Waals surface area contributed by atoms with Crippen molar-refractivity contribution in [2.45, 2.75) is 25.8 Å². The Hall–Kier alpha value is -2.26. The van der Waals surface area contributed by atoms with Crippen LogP contribution in [0.5, 0.6) is 0 Å². The Morgan fingerprint density at radius 1 is 1.05 bits per heavy atom. The second-order valence-electron chi connectivity index (χ2n) is 5.24.